The second-order valence-electron chi connectivity index (χ2n) is 4.41. The van der Waals surface area contributed by atoms with Gasteiger partial charge in [-0.15, -0.1) is 0 Å². The molecule has 0 radical (unpaired) electrons. The summed E-state index contributed by atoms with van der Waals surface area (Å²) in [6.45, 7) is 4.04. The van der Waals surface area contributed by atoms with E-state index in [1.165, 1.54) is 7.11 Å². The average molecular weight is 261 g/mol. The van der Waals surface area contributed by atoms with Crippen molar-refractivity contribution in [3.63, 3.8) is 0 Å². The van der Waals surface area contributed by atoms with Gasteiger partial charge in [-0.25, -0.2) is 9.78 Å². The number of ether oxygens (including phenoxy) is 1. The predicted octanol–water partition coefficient (Wildman–Crippen LogP) is 2.80. The highest BCUT2D eigenvalue weighted by Crippen LogP contribution is 2.24. The van der Waals surface area contributed by atoms with E-state index in [4.69, 9.17) is 14.3 Å². The molecule has 2 rings (SSSR count). The quantitative estimate of drug-likeness (QED) is 0.916. The molecule has 0 aliphatic rings. The Morgan fingerprint density at radius 2 is 1.95 bits per heavy atom. The molecule has 5 heteroatoms. The lowest BCUT2D eigenvalue weighted by molar-refractivity contribution is 0.0656. The zero-order chi connectivity index (χ0) is 14.0. The molecule has 1 N–H and O–H groups in total. The predicted molar refractivity (Wildman–Crippen MR) is 69.1 cm³/mol. The molecule has 1 heterocycles. The molecule has 0 amide bonds. The van der Waals surface area contributed by atoms with Crippen LogP contribution in [0.3, 0.4) is 0 Å². The summed E-state index contributed by atoms with van der Waals surface area (Å²) in [5, 5.41) is 9.07. The van der Waals surface area contributed by atoms with Crippen LogP contribution in [0.2, 0.25) is 0 Å². The smallest absolute Gasteiger partial charge is 0.373 e. The third kappa shape index (κ3) is 2.82. The van der Waals surface area contributed by atoms with E-state index < -0.39 is 5.97 Å². The van der Waals surface area contributed by atoms with E-state index in [1.54, 1.807) is 0 Å². The highest BCUT2D eigenvalue weighted by atomic mass is 16.5. The molecule has 0 fully saturated rings. The van der Waals surface area contributed by atoms with Gasteiger partial charge in [0.25, 0.3) is 0 Å². The lowest BCUT2D eigenvalue weighted by Gasteiger charge is -2.00. The topological polar surface area (TPSA) is 72.6 Å². The first kappa shape index (κ1) is 13.3. The first-order chi connectivity index (χ1) is 9.01. The minimum Gasteiger partial charge on any atom is -0.475 e. The number of aromatic carboxylic acids is 1. The van der Waals surface area contributed by atoms with Gasteiger partial charge in [-0.3, -0.25) is 0 Å². The van der Waals surface area contributed by atoms with Crippen LogP contribution in [0, 0.1) is 13.8 Å². The number of aryl methyl sites for hydroxylation is 2. The summed E-state index contributed by atoms with van der Waals surface area (Å²) in [6, 6.07) is 5.84. The fourth-order valence-electron chi connectivity index (χ4n) is 1.98. The van der Waals surface area contributed by atoms with E-state index in [-0.39, 0.29) is 12.4 Å². The van der Waals surface area contributed by atoms with Crippen LogP contribution < -0.4 is 0 Å². The Morgan fingerprint density at radius 3 is 2.47 bits per heavy atom. The maximum absolute atomic E-state index is 11.1. The summed E-state index contributed by atoms with van der Waals surface area (Å²) in [7, 11) is 1.48. The summed E-state index contributed by atoms with van der Waals surface area (Å²) < 4.78 is 10.3. The van der Waals surface area contributed by atoms with Gasteiger partial charge in [0.15, 0.2) is 0 Å². The zero-order valence-corrected chi connectivity index (χ0v) is 11.1. The fourth-order valence-corrected chi connectivity index (χ4v) is 1.98. The van der Waals surface area contributed by atoms with Crippen molar-refractivity contribution in [2.45, 2.75) is 20.5 Å². The Labute approximate surface area is 110 Å². The first-order valence-corrected chi connectivity index (χ1v) is 5.82. The second-order valence-corrected chi connectivity index (χ2v) is 4.41. The molecule has 1 aromatic carbocycles. The van der Waals surface area contributed by atoms with Crippen LogP contribution in [0.25, 0.3) is 11.5 Å². The van der Waals surface area contributed by atoms with Crippen molar-refractivity contribution >= 4 is 5.97 Å². The van der Waals surface area contributed by atoms with Crippen molar-refractivity contribution < 1.29 is 19.1 Å². The highest BCUT2D eigenvalue weighted by Gasteiger charge is 2.20. The molecular formula is C14H15NO4. The number of carbonyl (C=O) groups is 1. The van der Waals surface area contributed by atoms with Crippen molar-refractivity contribution in [2.24, 2.45) is 0 Å². The molecular weight excluding hydrogens is 246 g/mol. The Kier molecular flexibility index (Phi) is 3.66. The third-order valence-corrected chi connectivity index (χ3v) is 2.64. The summed E-state index contributed by atoms with van der Waals surface area (Å²) >= 11 is 0. The van der Waals surface area contributed by atoms with Gasteiger partial charge in [0.1, 0.15) is 5.69 Å². The monoisotopic (exact) mass is 261 g/mol. The molecule has 0 unspecified atom stereocenters. The molecule has 0 aliphatic heterocycles. The van der Waals surface area contributed by atoms with Gasteiger partial charge in [-0.1, -0.05) is 17.2 Å². The van der Waals surface area contributed by atoms with Gasteiger partial charge in [-0.2, -0.15) is 0 Å². The molecule has 0 atom stereocenters. The van der Waals surface area contributed by atoms with E-state index in [0.29, 0.717) is 11.6 Å². The molecule has 0 bridgehead atoms. The standard InChI is InChI=1S/C14H15NO4/c1-8-4-9(2)6-10(5-8)13-15-11(7-18-3)12(19-13)14(16)17/h4-6H,7H2,1-3H3,(H,16,17). The van der Waals surface area contributed by atoms with Gasteiger partial charge in [0.2, 0.25) is 11.7 Å². The number of carboxylic acids is 1. The molecule has 0 spiro atoms. The number of aromatic nitrogens is 1. The Hall–Kier alpha value is -2.14. The van der Waals surface area contributed by atoms with Crippen molar-refractivity contribution in [2.75, 3.05) is 7.11 Å². The van der Waals surface area contributed by atoms with Crippen molar-refractivity contribution in [1.82, 2.24) is 4.98 Å². The Morgan fingerprint density at radius 1 is 1.32 bits per heavy atom. The lowest BCUT2D eigenvalue weighted by atomic mass is 10.1. The SMILES string of the molecule is COCc1nc(-c2cc(C)cc(C)c2)oc1C(=O)O. The number of carboxylic acid groups (broad SMARTS) is 1. The lowest BCUT2D eigenvalue weighted by Crippen LogP contribution is -2.00. The van der Waals surface area contributed by atoms with Gasteiger partial charge in [-0.05, 0) is 26.0 Å². The van der Waals surface area contributed by atoms with Gasteiger partial charge < -0.3 is 14.3 Å². The number of hydrogen-bond donors (Lipinski definition) is 1. The number of oxazole rings is 1. The normalized spacial score (nSPS) is 10.7. The van der Waals surface area contributed by atoms with Crippen LogP contribution >= 0.6 is 0 Å². The summed E-state index contributed by atoms with van der Waals surface area (Å²) in [4.78, 5) is 15.3. The number of hydrogen-bond acceptors (Lipinski definition) is 4. The molecule has 0 saturated heterocycles. The first-order valence-electron chi connectivity index (χ1n) is 5.82. The largest absolute Gasteiger partial charge is 0.475 e. The van der Waals surface area contributed by atoms with Crippen molar-refractivity contribution in [3.05, 3.63) is 40.8 Å². The number of methoxy groups -OCH3 is 1. The summed E-state index contributed by atoms with van der Waals surface area (Å²) in [5.74, 6) is -1.01. The van der Waals surface area contributed by atoms with E-state index >= 15 is 0 Å². The summed E-state index contributed by atoms with van der Waals surface area (Å²) in [6.07, 6.45) is 0. The minimum atomic E-state index is -1.14. The van der Waals surface area contributed by atoms with Gasteiger partial charge in [0.05, 0.1) is 6.61 Å². The van der Waals surface area contributed by atoms with E-state index in [9.17, 15) is 4.79 Å². The van der Waals surface area contributed by atoms with Crippen LogP contribution in [0.5, 0.6) is 0 Å². The molecule has 0 aliphatic carbocycles. The van der Waals surface area contributed by atoms with Crippen LogP contribution in [0.1, 0.15) is 27.4 Å². The summed E-state index contributed by atoms with van der Waals surface area (Å²) in [5.41, 5.74) is 3.20. The van der Waals surface area contributed by atoms with E-state index in [1.807, 2.05) is 32.0 Å². The maximum atomic E-state index is 11.1. The van der Waals surface area contributed by atoms with Crippen LogP contribution in [-0.4, -0.2) is 23.2 Å². The minimum absolute atomic E-state index is 0.107. The van der Waals surface area contributed by atoms with Crippen LogP contribution in [-0.2, 0) is 11.3 Å². The number of nitrogens with zero attached hydrogens (tertiary/aromatic N) is 1. The third-order valence-electron chi connectivity index (χ3n) is 2.64. The van der Waals surface area contributed by atoms with Gasteiger partial charge in [0, 0.05) is 12.7 Å². The highest BCUT2D eigenvalue weighted by molar-refractivity contribution is 5.86. The maximum Gasteiger partial charge on any atom is 0.373 e. The molecule has 19 heavy (non-hydrogen) atoms. The molecule has 0 saturated carbocycles. The van der Waals surface area contributed by atoms with E-state index in [2.05, 4.69) is 4.98 Å². The Bertz CT molecular complexity index is 596. The number of rotatable bonds is 4. The molecule has 2 aromatic rings. The zero-order valence-electron chi connectivity index (χ0n) is 11.1. The molecule has 100 valence electrons. The van der Waals surface area contributed by atoms with E-state index in [0.717, 1.165) is 16.7 Å². The second kappa shape index (κ2) is 5.24. The van der Waals surface area contributed by atoms with Crippen LogP contribution in [0.15, 0.2) is 22.6 Å². The molecule has 1 aromatic heterocycles. The molecule has 5 nitrogen and oxygen atoms in total. The fraction of sp³-hybridized carbons (Fsp3) is 0.286. The van der Waals surface area contributed by atoms with Crippen LogP contribution in [0.4, 0.5) is 0 Å². The number of benzene rings is 1. The van der Waals surface area contributed by atoms with Crippen molar-refractivity contribution in [3.8, 4) is 11.5 Å². The van der Waals surface area contributed by atoms with Gasteiger partial charge >= 0.3 is 5.97 Å². The van der Waals surface area contributed by atoms with Crippen molar-refractivity contribution in [1.29, 1.82) is 0 Å². The average Bonchev–Trinajstić information content (AvgIpc) is 2.72. The Balaban J connectivity index is 2.50.